The molecule has 260 valence electrons. The highest BCUT2D eigenvalue weighted by Gasteiger charge is 2.38. The van der Waals surface area contributed by atoms with Gasteiger partial charge in [0.1, 0.15) is 0 Å². The Bertz CT molecular complexity index is 1570. The Morgan fingerprint density at radius 1 is 0.714 bits per heavy atom. The number of rotatable bonds is 10. The zero-order valence-electron chi connectivity index (χ0n) is 28.0. The number of urea groups is 1. The lowest BCUT2D eigenvalue weighted by atomic mass is 10.2. The zero-order valence-corrected chi connectivity index (χ0v) is 28.0. The molecule has 13 heteroatoms. The van der Waals surface area contributed by atoms with E-state index in [0.29, 0.717) is 36.5 Å². The van der Waals surface area contributed by atoms with Gasteiger partial charge in [-0.1, -0.05) is 0 Å². The van der Waals surface area contributed by atoms with Crippen molar-refractivity contribution in [3.8, 4) is 11.4 Å². The van der Waals surface area contributed by atoms with Crippen LogP contribution in [-0.4, -0.2) is 119 Å². The van der Waals surface area contributed by atoms with Crippen molar-refractivity contribution < 1.29 is 19.7 Å². The van der Waals surface area contributed by atoms with E-state index in [1.54, 1.807) is 0 Å². The SMILES string of the molecule is O=C(Nc1ccc(-c2nc(N3CC4CCC(C3)O4)nc(N3C(CO)CCC3CO)n2)cc1)Nc1ccc(N2CCN(CC3CC3)CC2)cc1. The van der Waals surface area contributed by atoms with Gasteiger partial charge in [-0.15, -0.1) is 0 Å². The smallest absolute Gasteiger partial charge is 0.323 e. The van der Waals surface area contributed by atoms with Crippen LogP contribution in [0.4, 0.5) is 33.8 Å². The average Bonchev–Trinajstić information content (AvgIpc) is 3.75. The molecule has 8 rings (SSSR count). The number of aliphatic hydroxyl groups is 2. The third-order valence-corrected chi connectivity index (χ3v) is 10.7. The fraction of sp³-hybridized carbons (Fsp3) is 0.556. The van der Waals surface area contributed by atoms with Crippen LogP contribution in [0.3, 0.4) is 0 Å². The molecule has 13 nitrogen and oxygen atoms in total. The summed E-state index contributed by atoms with van der Waals surface area (Å²) < 4.78 is 6.06. The number of hydrogen-bond donors (Lipinski definition) is 4. The molecule has 49 heavy (non-hydrogen) atoms. The van der Waals surface area contributed by atoms with Crippen LogP contribution >= 0.6 is 0 Å². The van der Waals surface area contributed by atoms with Gasteiger partial charge in [0, 0.05) is 68.4 Å². The summed E-state index contributed by atoms with van der Waals surface area (Å²) in [5.74, 6) is 2.46. The molecule has 2 bridgehead atoms. The first-order valence-electron chi connectivity index (χ1n) is 17.9. The number of carbonyl (C=O) groups is 1. The van der Waals surface area contributed by atoms with Crippen LogP contribution < -0.4 is 25.3 Å². The Labute approximate surface area is 287 Å². The fourth-order valence-electron chi connectivity index (χ4n) is 7.77. The molecular formula is C36H47N9O4. The van der Waals surface area contributed by atoms with E-state index in [-0.39, 0.29) is 43.5 Å². The summed E-state index contributed by atoms with van der Waals surface area (Å²) in [7, 11) is 0. The lowest BCUT2D eigenvalue weighted by Crippen LogP contribution is -2.47. The Morgan fingerprint density at radius 2 is 1.31 bits per heavy atom. The number of ether oxygens (including phenoxy) is 1. The maximum absolute atomic E-state index is 12.9. The maximum Gasteiger partial charge on any atom is 0.323 e. The minimum Gasteiger partial charge on any atom is -0.394 e. The van der Waals surface area contributed by atoms with E-state index in [1.807, 2.05) is 41.3 Å². The summed E-state index contributed by atoms with van der Waals surface area (Å²) in [6, 6.07) is 14.8. The monoisotopic (exact) mass is 669 g/mol. The van der Waals surface area contributed by atoms with Gasteiger partial charge >= 0.3 is 6.03 Å². The van der Waals surface area contributed by atoms with E-state index in [4.69, 9.17) is 19.7 Å². The van der Waals surface area contributed by atoms with Crippen molar-refractivity contribution in [2.75, 3.05) is 84.4 Å². The highest BCUT2D eigenvalue weighted by molar-refractivity contribution is 6.00. The first kappa shape index (κ1) is 32.2. The highest BCUT2D eigenvalue weighted by Crippen LogP contribution is 2.34. The third-order valence-electron chi connectivity index (χ3n) is 10.7. The quantitative estimate of drug-likeness (QED) is 0.252. The summed E-state index contributed by atoms with van der Waals surface area (Å²) in [6.07, 6.45) is 6.68. The van der Waals surface area contributed by atoms with Gasteiger partial charge in [0.2, 0.25) is 11.9 Å². The van der Waals surface area contributed by atoms with E-state index >= 15 is 0 Å². The van der Waals surface area contributed by atoms with Gasteiger partial charge < -0.3 is 40.3 Å². The van der Waals surface area contributed by atoms with Crippen LogP contribution in [0.5, 0.6) is 0 Å². The second kappa shape index (κ2) is 14.1. The molecule has 5 aliphatic rings. The number of nitrogens with one attached hydrogen (secondary N) is 2. The van der Waals surface area contributed by atoms with Crippen LogP contribution in [0.2, 0.25) is 0 Å². The second-order valence-corrected chi connectivity index (χ2v) is 14.2. The van der Waals surface area contributed by atoms with Crippen LogP contribution in [0.15, 0.2) is 48.5 Å². The lowest BCUT2D eigenvalue weighted by molar-refractivity contribution is 0.0299. The van der Waals surface area contributed by atoms with Crippen molar-refractivity contribution in [3.63, 3.8) is 0 Å². The van der Waals surface area contributed by atoms with Crippen molar-refractivity contribution in [1.82, 2.24) is 19.9 Å². The summed E-state index contributed by atoms with van der Waals surface area (Å²) >= 11 is 0. The van der Waals surface area contributed by atoms with Crippen molar-refractivity contribution in [3.05, 3.63) is 48.5 Å². The number of nitrogens with zero attached hydrogens (tertiary/aromatic N) is 7. The maximum atomic E-state index is 12.9. The number of piperazine rings is 1. The van der Waals surface area contributed by atoms with E-state index < -0.39 is 0 Å². The predicted molar refractivity (Wildman–Crippen MR) is 189 cm³/mol. The van der Waals surface area contributed by atoms with Gasteiger partial charge in [-0.2, -0.15) is 15.0 Å². The van der Waals surface area contributed by atoms with Crippen LogP contribution in [-0.2, 0) is 4.74 Å². The van der Waals surface area contributed by atoms with Crippen LogP contribution in [0.1, 0.15) is 38.5 Å². The normalized spacial score (nSPS) is 25.6. The topological polar surface area (TPSA) is 142 Å². The molecule has 1 saturated carbocycles. The second-order valence-electron chi connectivity index (χ2n) is 14.2. The lowest BCUT2D eigenvalue weighted by Gasteiger charge is -2.36. The number of benzene rings is 2. The molecule has 0 spiro atoms. The largest absolute Gasteiger partial charge is 0.394 e. The Hall–Kier alpha value is -4.04. The molecule has 2 aromatic carbocycles. The number of anilines is 5. The highest BCUT2D eigenvalue weighted by atomic mass is 16.5. The van der Waals surface area contributed by atoms with Gasteiger partial charge in [0.15, 0.2) is 5.82 Å². The van der Waals surface area contributed by atoms with E-state index in [9.17, 15) is 15.0 Å². The number of fused-ring (bicyclic) bond motifs is 2. The van der Waals surface area contributed by atoms with E-state index in [2.05, 4.69) is 37.5 Å². The first-order valence-corrected chi connectivity index (χ1v) is 17.9. The number of amides is 2. The molecule has 1 aromatic heterocycles. The van der Waals surface area contributed by atoms with Crippen molar-refractivity contribution in [2.45, 2.75) is 62.8 Å². The Balaban J connectivity index is 0.933. The molecule has 4 atom stereocenters. The number of hydrogen-bond acceptors (Lipinski definition) is 11. The summed E-state index contributed by atoms with van der Waals surface area (Å²) in [6.45, 7) is 6.86. The summed E-state index contributed by atoms with van der Waals surface area (Å²) in [5, 5.41) is 26.1. The number of morpholine rings is 1. The zero-order chi connectivity index (χ0) is 33.3. The van der Waals surface area contributed by atoms with Gasteiger partial charge in [0.25, 0.3) is 0 Å². The van der Waals surface area contributed by atoms with Crippen molar-refractivity contribution in [2.24, 2.45) is 5.92 Å². The molecule has 5 heterocycles. The number of aliphatic hydroxyl groups excluding tert-OH is 2. The molecule has 4 saturated heterocycles. The molecule has 4 N–H and O–H groups in total. The molecule has 0 radical (unpaired) electrons. The molecule has 1 aliphatic carbocycles. The molecular weight excluding hydrogens is 622 g/mol. The van der Waals surface area contributed by atoms with Crippen LogP contribution in [0, 0.1) is 5.92 Å². The molecule has 3 aromatic rings. The average molecular weight is 670 g/mol. The van der Waals surface area contributed by atoms with Crippen LogP contribution in [0.25, 0.3) is 11.4 Å². The van der Waals surface area contributed by atoms with Crippen molar-refractivity contribution in [1.29, 1.82) is 0 Å². The minimum absolute atomic E-state index is 0.0429. The van der Waals surface area contributed by atoms with E-state index in [1.165, 1.54) is 25.1 Å². The number of carbonyl (C=O) groups excluding carboxylic acids is 1. The summed E-state index contributed by atoms with van der Waals surface area (Å²) in [5.41, 5.74) is 3.33. The minimum atomic E-state index is -0.319. The molecule has 2 amide bonds. The van der Waals surface area contributed by atoms with E-state index in [0.717, 1.165) is 69.0 Å². The standard InChI is InChI=1S/C36H47N9O4/c46-22-29-11-12-30(23-47)45(29)35-40-33(39-34(41-35)44-20-31-13-14-32(21-44)49-31)25-3-5-26(6-4-25)37-36(48)38-27-7-9-28(10-8-27)43-17-15-42(16-18-43)19-24-1-2-24/h3-10,24,29-32,46-47H,1-2,11-23H2,(H2,37,38,48). The molecule has 4 aliphatic heterocycles. The van der Waals surface area contributed by atoms with Crippen molar-refractivity contribution >= 4 is 35.0 Å². The van der Waals surface area contributed by atoms with Gasteiger partial charge in [-0.05, 0) is 93.0 Å². The third kappa shape index (κ3) is 7.30. The predicted octanol–water partition coefficient (Wildman–Crippen LogP) is 3.40. The van der Waals surface area contributed by atoms with Gasteiger partial charge in [0.05, 0.1) is 37.5 Å². The summed E-state index contributed by atoms with van der Waals surface area (Å²) in [4.78, 5) is 36.7. The first-order chi connectivity index (χ1) is 24.0. The van der Waals surface area contributed by atoms with Gasteiger partial charge in [-0.3, -0.25) is 4.90 Å². The number of aromatic nitrogens is 3. The Morgan fingerprint density at radius 3 is 1.90 bits per heavy atom. The molecule has 5 fully saturated rings. The van der Waals surface area contributed by atoms with Gasteiger partial charge in [-0.25, -0.2) is 4.79 Å². The Kier molecular flexibility index (Phi) is 9.23. The molecule has 4 unspecified atom stereocenters. The fourth-order valence-corrected chi connectivity index (χ4v) is 7.77.